The quantitative estimate of drug-likeness (QED) is 0.190. The molecule has 0 fully saturated rings. The number of hydrogen-bond acceptors (Lipinski definition) is 3. The summed E-state index contributed by atoms with van der Waals surface area (Å²) >= 11 is 0. The van der Waals surface area contributed by atoms with Crippen LogP contribution < -0.4 is 9.47 Å². The lowest BCUT2D eigenvalue weighted by Gasteiger charge is -2.47. The monoisotopic (exact) mass is 552 g/mol. The largest absolute Gasteiger partial charge is 0.488 e. The fourth-order valence-corrected chi connectivity index (χ4v) is 6.78. The Hall–Kier alpha value is -3.04. The summed E-state index contributed by atoms with van der Waals surface area (Å²) in [6, 6.07) is 23.8. The molecule has 0 spiro atoms. The number of unbranched alkanes of at least 4 members (excludes halogenated alkanes) is 3. The number of rotatable bonds is 11. The summed E-state index contributed by atoms with van der Waals surface area (Å²) in [4.78, 5) is 0. The molecule has 1 heterocycles. The van der Waals surface area contributed by atoms with Crippen LogP contribution in [0.3, 0.4) is 0 Å². The highest BCUT2D eigenvalue weighted by molar-refractivity contribution is 5.63. The molecule has 5 rings (SSSR count). The summed E-state index contributed by atoms with van der Waals surface area (Å²) in [7, 11) is 0. The van der Waals surface area contributed by atoms with E-state index in [0.29, 0.717) is 12.5 Å². The summed E-state index contributed by atoms with van der Waals surface area (Å²) in [6.07, 6.45) is 10.4. The van der Waals surface area contributed by atoms with Crippen molar-refractivity contribution in [3.8, 4) is 22.6 Å². The molecule has 1 N–H and O–H groups in total. The second-order valence-corrected chi connectivity index (χ2v) is 13.3. The van der Waals surface area contributed by atoms with Crippen molar-refractivity contribution in [3.05, 3.63) is 95.1 Å². The smallest absolute Gasteiger partial charge is 0.127 e. The molecule has 3 nitrogen and oxygen atoms in total. The van der Waals surface area contributed by atoms with Crippen molar-refractivity contribution in [1.29, 1.82) is 0 Å². The number of aliphatic hydroxyl groups is 1. The zero-order chi connectivity index (χ0) is 29.0. The Morgan fingerprint density at radius 2 is 1.68 bits per heavy atom. The standard InChI is InChI=1S/C38H48O3/c1-6-7-8-12-21-37(2,3)31-23-34(40-26-27-15-18-30(19-16-27)29-13-10-9-11-14-29)36-32-22-28(25-39)17-20-33(32)38(4,5)41-35(36)24-31/h9-11,13-16,18-19,22-24,32-33,39H,6-8,12,17,20-21,25-26H2,1-5H3/t32-,33-/m1/s1. The zero-order valence-electron chi connectivity index (χ0n) is 25.7. The third-order valence-electron chi connectivity index (χ3n) is 9.42. The fourth-order valence-electron chi connectivity index (χ4n) is 6.78. The maximum absolute atomic E-state index is 10.0. The van der Waals surface area contributed by atoms with Crippen LogP contribution in [0.4, 0.5) is 0 Å². The van der Waals surface area contributed by atoms with Gasteiger partial charge in [0, 0.05) is 17.4 Å². The maximum atomic E-state index is 10.0. The Labute approximate surface area is 247 Å². The van der Waals surface area contributed by atoms with Gasteiger partial charge in [-0.1, -0.05) is 107 Å². The van der Waals surface area contributed by atoms with Crippen LogP contribution >= 0.6 is 0 Å². The predicted octanol–water partition coefficient (Wildman–Crippen LogP) is 9.76. The SMILES string of the molecule is CCCCCCC(C)(C)c1cc(OCc2ccc(-c3ccccc3)cc2)c2c(c1)OC(C)(C)[C@@H]1CCC(CO)=C[C@@H]21. The van der Waals surface area contributed by atoms with Gasteiger partial charge >= 0.3 is 0 Å². The zero-order valence-corrected chi connectivity index (χ0v) is 25.7. The normalized spacial score (nSPS) is 19.5. The Kier molecular flexibility index (Phi) is 8.94. The Morgan fingerprint density at radius 3 is 2.39 bits per heavy atom. The number of fused-ring (bicyclic) bond motifs is 3. The minimum atomic E-state index is -0.288. The molecule has 3 aromatic carbocycles. The van der Waals surface area contributed by atoms with Crippen LogP contribution in [0.25, 0.3) is 11.1 Å². The highest BCUT2D eigenvalue weighted by atomic mass is 16.5. The van der Waals surface area contributed by atoms with Crippen molar-refractivity contribution in [2.24, 2.45) is 5.92 Å². The lowest BCUT2D eigenvalue weighted by atomic mass is 9.67. The predicted molar refractivity (Wildman–Crippen MR) is 170 cm³/mol. The lowest BCUT2D eigenvalue weighted by Crippen LogP contribution is -2.45. The third-order valence-corrected chi connectivity index (χ3v) is 9.42. The van der Waals surface area contributed by atoms with Gasteiger partial charge in [0.15, 0.2) is 0 Å². The van der Waals surface area contributed by atoms with E-state index in [4.69, 9.17) is 9.47 Å². The molecule has 3 aromatic rings. The van der Waals surface area contributed by atoms with Gasteiger partial charge in [-0.15, -0.1) is 0 Å². The van der Waals surface area contributed by atoms with Gasteiger partial charge in [-0.25, -0.2) is 0 Å². The van der Waals surface area contributed by atoms with Crippen LogP contribution in [0, 0.1) is 5.92 Å². The van der Waals surface area contributed by atoms with E-state index in [1.807, 2.05) is 6.07 Å². The van der Waals surface area contributed by atoms with E-state index < -0.39 is 0 Å². The van der Waals surface area contributed by atoms with E-state index in [9.17, 15) is 5.11 Å². The number of aliphatic hydroxyl groups excluding tert-OH is 1. The molecule has 1 aliphatic carbocycles. The van der Waals surface area contributed by atoms with Gasteiger partial charge in [-0.05, 0) is 78.5 Å². The Balaban J connectivity index is 1.49. The van der Waals surface area contributed by atoms with Crippen molar-refractivity contribution < 1.29 is 14.6 Å². The van der Waals surface area contributed by atoms with E-state index in [1.54, 1.807) is 0 Å². The van der Waals surface area contributed by atoms with Crippen LogP contribution in [0.15, 0.2) is 78.4 Å². The summed E-state index contributed by atoms with van der Waals surface area (Å²) in [5.41, 5.74) is 6.85. The van der Waals surface area contributed by atoms with E-state index in [0.717, 1.165) is 47.5 Å². The van der Waals surface area contributed by atoms with Crippen LogP contribution in [-0.2, 0) is 12.0 Å². The summed E-state index contributed by atoms with van der Waals surface area (Å²) in [6.45, 7) is 12.0. The first-order chi connectivity index (χ1) is 19.7. The first-order valence-electron chi connectivity index (χ1n) is 15.7. The van der Waals surface area contributed by atoms with Gasteiger partial charge in [0.05, 0.1) is 6.61 Å². The highest BCUT2D eigenvalue weighted by Crippen LogP contribution is 2.54. The molecule has 41 heavy (non-hydrogen) atoms. The van der Waals surface area contributed by atoms with Gasteiger partial charge < -0.3 is 14.6 Å². The highest BCUT2D eigenvalue weighted by Gasteiger charge is 2.46. The van der Waals surface area contributed by atoms with Crippen molar-refractivity contribution >= 4 is 0 Å². The Bertz CT molecular complexity index is 1330. The molecule has 0 unspecified atom stereocenters. The van der Waals surface area contributed by atoms with Gasteiger partial charge in [0.25, 0.3) is 0 Å². The molecule has 0 radical (unpaired) electrons. The molecule has 0 aromatic heterocycles. The second kappa shape index (κ2) is 12.4. The number of benzene rings is 3. The molecule has 2 atom stereocenters. The van der Waals surface area contributed by atoms with Gasteiger partial charge in [-0.3, -0.25) is 0 Å². The van der Waals surface area contributed by atoms with Crippen molar-refractivity contribution in [2.45, 2.75) is 103 Å². The molecule has 3 heteroatoms. The molecular formula is C38H48O3. The first kappa shape index (κ1) is 29.5. The van der Waals surface area contributed by atoms with Crippen LogP contribution in [-0.4, -0.2) is 17.3 Å². The Morgan fingerprint density at radius 1 is 0.951 bits per heavy atom. The van der Waals surface area contributed by atoms with Crippen LogP contribution in [0.2, 0.25) is 0 Å². The van der Waals surface area contributed by atoms with Crippen LogP contribution in [0.5, 0.6) is 11.5 Å². The topological polar surface area (TPSA) is 38.7 Å². The summed E-state index contributed by atoms with van der Waals surface area (Å²) < 4.78 is 13.6. The van der Waals surface area contributed by atoms with Crippen LogP contribution in [0.1, 0.15) is 102 Å². The van der Waals surface area contributed by atoms with E-state index in [1.165, 1.54) is 42.4 Å². The maximum Gasteiger partial charge on any atom is 0.127 e. The molecule has 0 saturated heterocycles. The minimum absolute atomic E-state index is 0.0151. The lowest BCUT2D eigenvalue weighted by molar-refractivity contribution is 0.00956. The molecule has 1 aliphatic heterocycles. The molecule has 218 valence electrons. The number of ether oxygens (including phenoxy) is 2. The summed E-state index contributed by atoms with van der Waals surface area (Å²) in [5, 5.41) is 10.0. The average molecular weight is 553 g/mol. The molecule has 0 saturated carbocycles. The molecule has 0 amide bonds. The fraction of sp³-hybridized carbons (Fsp3) is 0.474. The first-order valence-corrected chi connectivity index (χ1v) is 15.7. The summed E-state index contributed by atoms with van der Waals surface area (Å²) in [5.74, 6) is 2.37. The minimum Gasteiger partial charge on any atom is -0.488 e. The number of hydrogen-bond donors (Lipinski definition) is 1. The van der Waals surface area contributed by atoms with Crippen molar-refractivity contribution in [2.75, 3.05) is 6.61 Å². The van der Waals surface area contributed by atoms with E-state index >= 15 is 0 Å². The molecule has 2 aliphatic rings. The molecule has 0 bridgehead atoms. The van der Waals surface area contributed by atoms with Gasteiger partial charge in [0.2, 0.25) is 0 Å². The van der Waals surface area contributed by atoms with Gasteiger partial charge in [0.1, 0.15) is 23.7 Å². The van der Waals surface area contributed by atoms with E-state index in [-0.39, 0.29) is 23.5 Å². The number of allylic oxidation sites excluding steroid dienone is 1. The van der Waals surface area contributed by atoms with Gasteiger partial charge in [-0.2, -0.15) is 0 Å². The van der Waals surface area contributed by atoms with Crippen molar-refractivity contribution in [1.82, 2.24) is 0 Å². The second-order valence-electron chi connectivity index (χ2n) is 13.3. The van der Waals surface area contributed by atoms with E-state index in [2.05, 4.69) is 101 Å². The molecular weight excluding hydrogens is 504 g/mol. The third kappa shape index (κ3) is 6.56. The van der Waals surface area contributed by atoms with Crippen molar-refractivity contribution in [3.63, 3.8) is 0 Å². The average Bonchev–Trinajstić information content (AvgIpc) is 2.98.